The Bertz CT molecular complexity index is 287. The first-order valence-electron chi connectivity index (χ1n) is 8.37. The average Bonchev–Trinajstić information content (AvgIpc) is 2.93. The monoisotopic (exact) mass is 266 g/mol. The van der Waals surface area contributed by atoms with E-state index in [1.807, 2.05) is 0 Å². The van der Waals surface area contributed by atoms with E-state index < -0.39 is 0 Å². The Labute approximate surface area is 117 Å². The fourth-order valence-corrected chi connectivity index (χ4v) is 4.80. The van der Waals surface area contributed by atoms with Crippen LogP contribution in [-0.2, 0) is 0 Å². The normalized spacial score (nSPS) is 37.9. The minimum Gasteiger partial charge on any atom is -0.393 e. The predicted octanol–water partition coefficient (Wildman–Crippen LogP) is 2.14. The van der Waals surface area contributed by atoms with Crippen LogP contribution < -0.4 is 5.32 Å². The molecule has 19 heavy (non-hydrogen) atoms. The lowest BCUT2D eigenvalue weighted by molar-refractivity contribution is 0.0104. The molecule has 3 nitrogen and oxygen atoms in total. The Kier molecular flexibility index (Phi) is 4.16. The van der Waals surface area contributed by atoms with Crippen LogP contribution in [-0.4, -0.2) is 47.8 Å². The van der Waals surface area contributed by atoms with Crippen LogP contribution in [0.15, 0.2) is 0 Å². The van der Waals surface area contributed by atoms with E-state index in [0.29, 0.717) is 17.5 Å². The molecule has 2 bridgehead atoms. The molecule has 3 aliphatic rings. The van der Waals surface area contributed by atoms with Crippen LogP contribution in [0.1, 0.15) is 58.3 Å². The first-order valence-corrected chi connectivity index (χ1v) is 8.37. The van der Waals surface area contributed by atoms with Gasteiger partial charge in [0.15, 0.2) is 0 Å². The molecule has 3 fully saturated rings. The smallest absolute Gasteiger partial charge is 0.0570 e. The zero-order valence-corrected chi connectivity index (χ0v) is 12.4. The molecule has 2 unspecified atom stereocenters. The highest BCUT2D eigenvalue weighted by molar-refractivity contribution is 4.99. The van der Waals surface area contributed by atoms with E-state index in [0.717, 1.165) is 19.4 Å². The number of hydrogen-bond acceptors (Lipinski definition) is 3. The molecule has 2 saturated heterocycles. The molecule has 0 aromatic carbocycles. The van der Waals surface area contributed by atoms with Gasteiger partial charge >= 0.3 is 0 Å². The maximum Gasteiger partial charge on any atom is 0.0570 e. The summed E-state index contributed by atoms with van der Waals surface area (Å²) < 4.78 is 0. The highest BCUT2D eigenvalue weighted by Gasteiger charge is 2.44. The maximum absolute atomic E-state index is 9.94. The summed E-state index contributed by atoms with van der Waals surface area (Å²) in [5, 5.41) is 13.5. The predicted molar refractivity (Wildman–Crippen MR) is 78.2 cm³/mol. The summed E-state index contributed by atoms with van der Waals surface area (Å²) >= 11 is 0. The highest BCUT2D eigenvalue weighted by Crippen LogP contribution is 2.43. The van der Waals surface area contributed by atoms with Gasteiger partial charge in [-0.3, -0.25) is 4.90 Å². The molecular weight excluding hydrogens is 236 g/mol. The van der Waals surface area contributed by atoms with E-state index in [9.17, 15) is 5.11 Å². The standard InChI is InChI=1S/C16H30N2O/c1-2-17-11-16(7-3-4-8-16)12-18-13-5-6-14(18)10-15(19)9-13/h13-15,17,19H,2-12H2,1H3. The maximum atomic E-state index is 9.94. The van der Waals surface area contributed by atoms with Gasteiger partial charge in [0.25, 0.3) is 0 Å². The summed E-state index contributed by atoms with van der Waals surface area (Å²) in [6.07, 6.45) is 10.3. The molecule has 2 heterocycles. The van der Waals surface area contributed by atoms with Crippen molar-refractivity contribution in [3.8, 4) is 0 Å². The van der Waals surface area contributed by atoms with E-state index in [2.05, 4.69) is 17.1 Å². The third-order valence-electron chi connectivity index (χ3n) is 5.79. The van der Waals surface area contributed by atoms with Crippen molar-refractivity contribution < 1.29 is 5.11 Å². The molecule has 0 amide bonds. The van der Waals surface area contributed by atoms with Crippen LogP contribution in [0, 0.1) is 5.41 Å². The SMILES string of the molecule is CCNCC1(CN2C3CCC2CC(O)C3)CCCC1. The Balaban J connectivity index is 1.65. The van der Waals surface area contributed by atoms with Crippen LogP contribution in [0.3, 0.4) is 0 Å². The Morgan fingerprint density at radius 3 is 2.37 bits per heavy atom. The zero-order valence-electron chi connectivity index (χ0n) is 12.4. The number of fused-ring (bicyclic) bond motifs is 2. The summed E-state index contributed by atoms with van der Waals surface area (Å²) in [7, 11) is 0. The van der Waals surface area contributed by atoms with Gasteiger partial charge in [-0.15, -0.1) is 0 Å². The van der Waals surface area contributed by atoms with Crippen LogP contribution in [0.5, 0.6) is 0 Å². The van der Waals surface area contributed by atoms with Crippen molar-refractivity contribution in [2.45, 2.75) is 76.5 Å². The lowest BCUT2D eigenvalue weighted by atomic mass is 9.83. The number of nitrogens with one attached hydrogen (secondary N) is 1. The lowest BCUT2D eigenvalue weighted by Gasteiger charge is -2.43. The third-order valence-corrected chi connectivity index (χ3v) is 5.79. The van der Waals surface area contributed by atoms with Crippen molar-refractivity contribution in [1.82, 2.24) is 10.2 Å². The molecule has 2 N–H and O–H groups in total. The summed E-state index contributed by atoms with van der Waals surface area (Å²) in [5.41, 5.74) is 0.527. The van der Waals surface area contributed by atoms with E-state index in [4.69, 9.17) is 0 Å². The van der Waals surface area contributed by atoms with Gasteiger partial charge in [0, 0.05) is 25.2 Å². The topological polar surface area (TPSA) is 35.5 Å². The van der Waals surface area contributed by atoms with E-state index in [1.54, 1.807) is 0 Å². The molecule has 3 heteroatoms. The average molecular weight is 266 g/mol. The van der Waals surface area contributed by atoms with Gasteiger partial charge in [-0.1, -0.05) is 19.8 Å². The molecule has 1 aliphatic carbocycles. The second-order valence-electron chi connectivity index (χ2n) is 7.17. The van der Waals surface area contributed by atoms with Gasteiger partial charge in [0.2, 0.25) is 0 Å². The first kappa shape index (κ1) is 13.8. The Hall–Kier alpha value is -0.120. The van der Waals surface area contributed by atoms with E-state index in [-0.39, 0.29) is 6.10 Å². The largest absolute Gasteiger partial charge is 0.393 e. The van der Waals surface area contributed by atoms with Gasteiger partial charge in [-0.05, 0) is 50.5 Å². The molecule has 0 aromatic heterocycles. The van der Waals surface area contributed by atoms with Crippen LogP contribution in [0.25, 0.3) is 0 Å². The fourth-order valence-electron chi connectivity index (χ4n) is 4.80. The summed E-state index contributed by atoms with van der Waals surface area (Å²) in [4.78, 5) is 2.77. The molecule has 110 valence electrons. The number of aliphatic hydroxyl groups is 1. The van der Waals surface area contributed by atoms with Crippen molar-refractivity contribution in [1.29, 1.82) is 0 Å². The molecule has 2 atom stereocenters. The molecule has 1 saturated carbocycles. The Morgan fingerprint density at radius 1 is 1.16 bits per heavy atom. The van der Waals surface area contributed by atoms with Crippen LogP contribution in [0.2, 0.25) is 0 Å². The zero-order chi connectivity index (χ0) is 13.3. The Morgan fingerprint density at radius 2 is 1.79 bits per heavy atom. The fraction of sp³-hybridized carbons (Fsp3) is 1.00. The van der Waals surface area contributed by atoms with E-state index in [1.165, 1.54) is 51.6 Å². The second-order valence-corrected chi connectivity index (χ2v) is 7.17. The quantitative estimate of drug-likeness (QED) is 0.800. The third kappa shape index (κ3) is 2.84. The minimum atomic E-state index is -0.0259. The van der Waals surface area contributed by atoms with Crippen molar-refractivity contribution in [3.63, 3.8) is 0 Å². The van der Waals surface area contributed by atoms with Crippen LogP contribution in [0.4, 0.5) is 0 Å². The van der Waals surface area contributed by atoms with Gasteiger partial charge in [-0.25, -0.2) is 0 Å². The van der Waals surface area contributed by atoms with Crippen molar-refractivity contribution in [2.75, 3.05) is 19.6 Å². The molecule has 0 spiro atoms. The van der Waals surface area contributed by atoms with E-state index >= 15 is 0 Å². The number of hydrogen-bond donors (Lipinski definition) is 2. The second kappa shape index (κ2) is 5.71. The molecule has 0 aromatic rings. The number of piperidine rings is 1. The number of aliphatic hydroxyl groups excluding tert-OH is 1. The molecular formula is C16H30N2O. The van der Waals surface area contributed by atoms with Gasteiger partial charge in [0.1, 0.15) is 0 Å². The van der Waals surface area contributed by atoms with Crippen LogP contribution >= 0.6 is 0 Å². The van der Waals surface area contributed by atoms with Gasteiger partial charge in [0.05, 0.1) is 6.10 Å². The summed E-state index contributed by atoms with van der Waals surface area (Å²) in [6, 6.07) is 1.35. The first-order chi connectivity index (χ1) is 9.22. The summed E-state index contributed by atoms with van der Waals surface area (Å²) in [6.45, 7) is 5.78. The molecule has 3 rings (SSSR count). The number of rotatable bonds is 5. The molecule has 0 radical (unpaired) electrons. The van der Waals surface area contributed by atoms with Gasteiger partial charge in [-0.2, -0.15) is 0 Å². The van der Waals surface area contributed by atoms with Gasteiger partial charge < -0.3 is 10.4 Å². The minimum absolute atomic E-state index is 0.0259. The molecule has 2 aliphatic heterocycles. The summed E-state index contributed by atoms with van der Waals surface area (Å²) in [5.74, 6) is 0. The number of nitrogens with zero attached hydrogens (tertiary/aromatic N) is 1. The van der Waals surface area contributed by atoms with Crippen molar-refractivity contribution >= 4 is 0 Å². The van der Waals surface area contributed by atoms with Crippen molar-refractivity contribution in [3.05, 3.63) is 0 Å². The lowest BCUT2D eigenvalue weighted by Crippen LogP contribution is -2.51. The van der Waals surface area contributed by atoms with Crippen molar-refractivity contribution in [2.24, 2.45) is 5.41 Å². The highest BCUT2D eigenvalue weighted by atomic mass is 16.3.